The van der Waals surface area contributed by atoms with E-state index < -0.39 is 5.97 Å². The highest BCUT2D eigenvalue weighted by molar-refractivity contribution is 5.75. The Morgan fingerprint density at radius 2 is 2.00 bits per heavy atom. The lowest BCUT2D eigenvalue weighted by atomic mass is 10.1. The minimum atomic E-state index is -0.795. The number of carboxylic acid groups (broad SMARTS) is 1. The zero-order valence-corrected chi connectivity index (χ0v) is 12.4. The molecule has 1 N–H and O–H groups in total. The van der Waals surface area contributed by atoms with Gasteiger partial charge in [-0.3, -0.25) is 4.79 Å². The molecule has 114 valence electrons. The van der Waals surface area contributed by atoms with Crippen LogP contribution >= 0.6 is 0 Å². The predicted molar refractivity (Wildman–Crippen MR) is 85.6 cm³/mol. The molecule has 22 heavy (non-hydrogen) atoms. The molecule has 1 aliphatic heterocycles. The summed E-state index contributed by atoms with van der Waals surface area (Å²) in [5, 5.41) is 8.91. The van der Waals surface area contributed by atoms with E-state index in [4.69, 9.17) is 9.84 Å². The van der Waals surface area contributed by atoms with Gasteiger partial charge in [0.15, 0.2) is 0 Å². The average molecular weight is 297 g/mol. The molecule has 2 aromatic rings. The number of carbonyl (C=O) groups is 1. The number of hydrogen-bond acceptors (Lipinski definition) is 3. The molecule has 0 saturated carbocycles. The van der Waals surface area contributed by atoms with E-state index in [1.807, 2.05) is 41.3 Å². The van der Waals surface area contributed by atoms with E-state index in [-0.39, 0.29) is 6.54 Å². The van der Waals surface area contributed by atoms with Gasteiger partial charge in [-0.15, -0.1) is 0 Å². The Labute approximate surface area is 130 Å². The van der Waals surface area contributed by atoms with Crippen LogP contribution < -0.4 is 9.64 Å². The topological polar surface area (TPSA) is 49.8 Å². The van der Waals surface area contributed by atoms with Crippen LogP contribution in [0.25, 0.3) is 0 Å². The summed E-state index contributed by atoms with van der Waals surface area (Å²) in [4.78, 5) is 12.7. The van der Waals surface area contributed by atoms with E-state index in [9.17, 15) is 4.79 Å². The molecule has 4 heteroatoms. The average Bonchev–Trinajstić information content (AvgIpc) is 2.90. The maximum atomic E-state index is 10.8. The van der Waals surface area contributed by atoms with Crippen LogP contribution in [0.2, 0.25) is 0 Å². The SMILES string of the molecule is O=C(O)CN1CCc2cc(OCCc3ccccc3)ccc21. The molecule has 4 nitrogen and oxygen atoms in total. The normalized spacial score (nSPS) is 13.0. The highest BCUT2D eigenvalue weighted by atomic mass is 16.5. The molecule has 0 unspecified atom stereocenters. The summed E-state index contributed by atoms with van der Waals surface area (Å²) in [5.41, 5.74) is 3.44. The van der Waals surface area contributed by atoms with Crippen molar-refractivity contribution in [3.63, 3.8) is 0 Å². The molecule has 0 atom stereocenters. The number of nitrogens with zero attached hydrogens (tertiary/aromatic N) is 1. The number of carboxylic acids is 1. The van der Waals surface area contributed by atoms with E-state index in [1.54, 1.807) is 0 Å². The third kappa shape index (κ3) is 3.39. The van der Waals surface area contributed by atoms with Crippen LogP contribution in [0.15, 0.2) is 48.5 Å². The monoisotopic (exact) mass is 297 g/mol. The van der Waals surface area contributed by atoms with Crippen molar-refractivity contribution in [3.05, 3.63) is 59.7 Å². The van der Waals surface area contributed by atoms with Crippen LogP contribution in [0.5, 0.6) is 5.75 Å². The van der Waals surface area contributed by atoms with Crippen molar-refractivity contribution < 1.29 is 14.6 Å². The van der Waals surface area contributed by atoms with Gasteiger partial charge in [-0.05, 0) is 35.7 Å². The summed E-state index contributed by atoms with van der Waals surface area (Å²) >= 11 is 0. The summed E-state index contributed by atoms with van der Waals surface area (Å²) in [5.74, 6) is 0.0582. The summed E-state index contributed by atoms with van der Waals surface area (Å²) in [7, 11) is 0. The fourth-order valence-electron chi connectivity index (χ4n) is 2.80. The van der Waals surface area contributed by atoms with E-state index in [2.05, 4.69) is 12.1 Å². The molecule has 0 aromatic heterocycles. The Morgan fingerprint density at radius 3 is 2.77 bits per heavy atom. The van der Waals surface area contributed by atoms with Crippen molar-refractivity contribution in [2.45, 2.75) is 12.8 Å². The Hall–Kier alpha value is -2.49. The highest BCUT2D eigenvalue weighted by Crippen LogP contribution is 2.31. The minimum Gasteiger partial charge on any atom is -0.493 e. The molecule has 2 aromatic carbocycles. The second-order valence-corrected chi connectivity index (χ2v) is 5.44. The zero-order valence-electron chi connectivity index (χ0n) is 12.4. The van der Waals surface area contributed by atoms with Gasteiger partial charge >= 0.3 is 5.97 Å². The quantitative estimate of drug-likeness (QED) is 0.890. The van der Waals surface area contributed by atoms with Gasteiger partial charge in [0.1, 0.15) is 12.3 Å². The van der Waals surface area contributed by atoms with Gasteiger partial charge in [0.05, 0.1) is 6.61 Å². The second kappa shape index (κ2) is 6.52. The van der Waals surface area contributed by atoms with Gasteiger partial charge in [-0.1, -0.05) is 30.3 Å². The fraction of sp³-hybridized carbons (Fsp3) is 0.278. The molecule has 0 bridgehead atoms. The van der Waals surface area contributed by atoms with E-state index in [1.165, 1.54) is 11.1 Å². The predicted octanol–water partition coefficient (Wildman–Crippen LogP) is 2.76. The zero-order chi connectivity index (χ0) is 15.4. The smallest absolute Gasteiger partial charge is 0.323 e. The molecule has 0 radical (unpaired) electrons. The minimum absolute atomic E-state index is 0.0568. The maximum absolute atomic E-state index is 10.8. The number of benzene rings is 2. The van der Waals surface area contributed by atoms with Gasteiger partial charge in [0.25, 0.3) is 0 Å². The molecule has 3 rings (SSSR count). The lowest BCUT2D eigenvalue weighted by Crippen LogP contribution is -2.27. The first-order valence-electron chi connectivity index (χ1n) is 7.49. The molecular weight excluding hydrogens is 278 g/mol. The van der Waals surface area contributed by atoms with Crippen molar-refractivity contribution in [1.29, 1.82) is 0 Å². The number of rotatable bonds is 6. The molecule has 0 spiro atoms. The van der Waals surface area contributed by atoms with Gasteiger partial charge in [0, 0.05) is 18.7 Å². The molecule has 0 fully saturated rings. The summed E-state index contributed by atoms with van der Waals surface area (Å²) < 4.78 is 5.82. The highest BCUT2D eigenvalue weighted by Gasteiger charge is 2.21. The van der Waals surface area contributed by atoms with Crippen molar-refractivity contribution in [1.82, 2.24) is 0 Å². The lowest BCUT2D eigenvalue weighted by molar-refractivity contribution is -0.135. The van der Waals surface area contributed by atoms with Gasteiger partial charge in [-0.25, -0.2) is 0 Å². The van der Waals surface area contributed by atoms with Crippen LogP contribution in [0.1, 0.15) is 11.1 Å². The first-order chi connectivity index (χ1) is 10.7. The van der Waals surface area contributed by atoms with Crippen LogP contribution in [0.4, 0.5) is 5.69 Å². The van der Waals surface area contributed by atoms with E-state index >= 15 is 0 Å². The number of ether oxygens (including phenoxy) is 1. The summed E-state index contributed by atoms with van der Waals surface area (Å²) in [6.07, 6.45) is 1.75. The third-order valence-corrected chi connectivity index (χ3v) is 3.87. The molecule has 0 aliphatic carbocycles. The molecule has 0 amide bonds. The van der Waals surface area contributed by atoms with Crippen LogP contribution in [0.3, 0.4) is 0 Å². The molecular formula is C18H19NO3. The van der Waals surface area contributed by atoms with Crippen molar-refractivity contribution in [3.8, 4) is 5.75 Å². The number of aliphatic carboxylic acids is 1. The van der Waals surface area contributed by atoms with Crippen LogP contribution in [-0.4, -0.2) is 30.8 Å². The first-order valence-corrected chi connectivity index (χ1v) is 7.49. The Morgan fingerprint density at radius 1 is 1.18 bits per heavy atom. The summed E-state index contributed by atoms with van der Waals surface area (Å²) in [6.45, 7) is 1.46. The number of anilines is 1. The fourth-order valence-corrected chi connectivity index (χ4v) is 2.80. The van der Waals surface area contributed by atoms with E-state index in [0.717, 1.165) is 30.8 Å². The van der Waals surface area contributed by atoms with E-state index in [0.29, 0.717) is 6.61 Å². The van der Waals surface area contributed by atoms with Gasteiger partial charge in [-0.2, -0.15) is 0 Å². The maximum Gasteiger partial charge on any atom is 0.323 e. The second-order valence-electron chi connectivity index (χ2n) is 5.44. The third-order valence-electron chi connectivity index (χ3n) is 3.87. The number of fused-ring (bicyclic) bond motifs is 1. The van der Waals surface area contributed by atoms with Crippen LogP contribution in [0, 0.1) is 0 Å². The molecule has 0 saturated heterocycles. The van der Waals surface area contributed by atoms with Gasteiger partial charge in [0.2, 0.25) is 0 Å². The summed E-state index contributed by atoms with van der Waals surface area (Å²) in [6, 6.07) is 16.2. The standard InChI is InChI=1S/C18H19NO3/c20-18(21)13-19-10-8-15-12-16(6-7-17(15)19)22-11-9-14-4-2-1-3-5-14/h1-7,12H,8-11,13H2,(H,20,21). The largest absolute Gasteiger partial charge is 0.493 e. The number of hydrogen-bond donors (Lipinski definition) is 1. The van der Waals surface area contributed by atoms with Gasteiger partial charge < -0.3 is 14.7 Å². The first kappa shape index (κ1) is 14.4. The van der Waals surface area contributed by atoms with Crippen molar-refractivity contribution in [2.75, 3.05) is 24.6 Å². The van der Waals surface area contributed by atoms with Crippen molar-refractivity contribution >= 4 is 11.7 Å². The van der Waals surface area contributed by atoms with Crippen LogP contribution in [-0.2, 0) is 17.6 Å². The lowest BCUT2D eigenvalue weighted by Gasteiger charge is -2.16. The molecule has 1 aliphatic rings. The van der Waals surface area contributed by atoms with Crippen molar-refractivity contribution in [2.24, 2.45) is 0 Å². The Bertz CT molecular complexity index is 655. The Kier molecular flexibility index (Phi) is 4.28. The molecule has 1 heterocycles. The Balaban J connectivity index is 1.59.